The molecule has 0 saturated carbocycles. The average molecular weight is 479 g/mol. The van der Waals surface area contributed by atoms with Gasteiger partial charge in [-0.05, 0) is 80.3 Å². The lowest BCUT2D eigenvalue weighted by Gasteiger charge is -2.40. The molecule has 6 heteroatoms. The molecule has 1 saturated heterocycles. The molecule has 0 unspecified atom stereocenters. The van der Waals surface area contributed by atoms with Crippen molar-refractivity contribution >= 4 is 11.6 Å². The molecule has 0 aliphatic carbocycles. The Morgan fingerprint density at radius 2 is 1.72 bits per heavy atom. The van der Waals surface area contributed by atoms with Crippen molar-refractivity contribution < 1.29 is 9.53 Å². The third-order valence-electron chi connectivity index (χ3n) is 7.04. The Balaban J connectivity index is 1.54. The van der Waals surface area contributed by atoms with Crippen LogP contribution in [0, 0.1) is 22.7 Å². The van der Waals surface area contributed by atoms with E-state index >= 15 is 0 Å². The summed E-state index contributed by atoms with van der Waals surface area (Å²) in [7, 11) is 1.61. The van der Waals surface area contributed by atoms with Gasteiger partial charge in [0, 0.05) is 35.9 Å². The number of rotatable bonds is 6. The number of anilines is 1. The Hall–Kier alpha value is -4.13. The molecule has 1 aliphatic heterocycles. The quantitative estimate of drug-likeness (QED) is 0.487. The largest absolute Gasteiger partial charge is 0.496 e. The van der Waals surface area contributed by atoms with Gasteiger partial charge in [-0.2, -0.15) is 10.5 Å². The molecule has 0 bridgehead atoms. The van der Waals surface area contributed by atoms with Gasteiger partial charge in [0.05, 0.1) is 30.2 Å². The van der Waals surface area contributed by atoms with Gasteiger partial charge in [-0.15, -0.1) is 0 Å². The maximum atomic E-state index is 13.0. The maximum Gasteiger partial charge on any atom is 0.255 e. The zero-order chi connectivity index (χ0) is 25.7. The molecular weight excluding hydrogens is 448 g/mol. The molecule has 0 aromatic heterocycles. The van der Waals surface area contributed by atoms with Crippen LogP contribution in [-0.4, -0.2) is 37.0 Å². The van der Waals surface area contributed by atoms with Crippen molar-refractivity contribution in [2.75, 3.05) is 25.5 Å². The summed E-state index contributed by atoms with van der Waals surface area (Å²) in [6, 6.07) is 25.3. The first-order valence-electron chi connectivity index (χ1n) is 12.1. The molecule has 36 heavy (non-hydrogen) atoms. The third-order valence-corrected chi connectivity index (χ3v) is 7.04. The lowest BCUT2D eigenvalue weighted by Crippen LogP contribution is -2.44. The van der Waals surface area contributed by atoms with Crippen LogP contribution < -0.4 is 10.1 Å². The van der Waals surface area contributed by atoms with E-state index in [1.54, 1.807) is 31.4 Å². The second-order valence-corrected chi connectivity index (χ2v) is 9.46. The Morgan fingerprint density at radius 3 is 2.33 bits per heavy atom. The van der Waals surface area contributed by atoms with Crippen LogP contribution in [0.25, 0.3) is 11.1 Å². The van der Waals surface area contributed by atoms with E-state index < -0.39 is 5.41 Å². The second kappa shape index (κ2) is 10.6. The van der Waals surface area contributed by atoms with Crippen LogP contribution in [0.3, 0.4) is 0 Å². The van der Waals surface area contributed by atoms with Gasteiger partial charge in [0.15, 0.2) is 0 Å². The number of piperidine rings is 1. The number of nitrogens with one attached hydrogen (secondary N) is 1. The topological polar surface area (TPSA) is 89.1 Å². The monoisotopic (exact) mass is 478 g/mol. The van der Waals surface area contributed by atoms with E-state index in [4.69, 9.17) is 10.00 Å². The Bertz CT molecular complexity index is 1320. The Labute approximate surface area is 212 Å². The SMILES string of the molecule is COc1ccc(NC(=O)c2ccc(-c3cccc(C#N)c3)cc2)cc1C1(C#N)CCN(C(C)C)CC1. The number of methoxy groups -OCH3 is 1. The molecule has 182 valence electrons. The van der Waals surface area contributed by atoms with Crippen molar-refractivity contribution in [2.45, 2.75) is 38.1 Å². The average Bonchev–Trinajstić information content (AvgIpc) is 2.93. The van der Waals surface area contributed by atoms with Crippen molar-refractivity contribution in [1.82, 2.24) is 4.90 Å². The van der Waals surface area contributed by atoms with E-state index in [2.05, 4.69) is 36.2 Å². The van der Waals surface area contributed by atoms with Crippen LogP contribution in [0.4, 0.5) is 5.69 Å². The fourth-order valence-corrected chi connectivity index (χ4v) is 4.81. The molecule has 1 aliphatic rings. The fraction of sp³-hybridized carbons (Fsp3) is 0.300. The Morgan fingerprint density at radius 1 is 1.00 bits per heavy atom. The number of likely N-dealkylation sites (tertiary alicyclic amines) is 1. The lowest BCUT2D eigenvalue weighted by atomic mass is 9.73. The molecule has 1 amide bonds. The highest BCUT2D eigenvalue weighted by atomic mass is 16.5. The molecule has 0 radical (unpaired) electrons. The minimum absolute atomic E-state index is 0.232. The summed E-state index contributed by atoms with van der Waals surface area (Å²) in [4.78, 5) is 15.4. The number of amides is 1. The molecule has 3 aromatic rings. The van der Waals surface area contributed by atoms with Crippen molar-refractivity contribution in [3.05, 3.63) is 83.4 Å². The minimum Gasteiger partial charge on any atom is -0.496 e. The summed E-state index contributed by atoms with van der Waals surface area (Å²) in [5.74, 6) is 0.431. The number of ether oxygens (including phenoxy) is 1. The number of hydrogen-bond acceptors (Lipinski definition) is 5. The van der Waals surface area contributed by atoms with Crippen molar-refractivity contribution in [3.63, 3.8) is 0 Å². The van der Waals surface area contributed by atoms with E-state index in [0.717, 1.165) is 29.8 Å². The summed E-state index contributed by atoms with van der Waals surface area (Å²) in [5.41, 5.74) is 3.76. The van der Waals surface area contributed by atoms with Crippen LogP contribution >= 0.6 is 0 Å². The molecule has 6 nitrogen and oxygen atoms in total. The van der Waals surface area contributed by atoms with Gasteiger partial charge in [-0.3, -0.25) is 4.79 Å². The van der Waals surface area contributed by atoms with Crippen LogP contribution in [0.1, 0.15) is 48.2 Å². The number of nitrogens with zero attached hydrogens (tertiary/aromatic N) is 3. The zero-order valence-corrected chi connectivity index (χ0v) is 20.9. The first kappa shape index (κ1) is 25.0. The lowest BCUT2D eigenvalue weighted by molar-refractivity contribution is 0.102. The van der Waals surface area contributed by atoms with E-state index in [1.807, 2.05) is 42.5 Å². The first-order chi connectivity index (χ1) is 17.4. The minimum atomic E-state index is -0.656. The second-order valence-electron chi connectivity index (χ2n) is 9.46. The summed E-state index contributed by atoms with van der Waals surface area (Å²) in [6.07, 6.45) is 1.42. The van der Waals surface area contributed by atoms with Crippen molar-refractivity contribution in [3.8, 4) is 29.0 Å². The molecule has 4 rings (SSSR count). The maximum absolute atomic E-state index is 13.0. The molecule has 1 heterocycles. The summed E-state index contributed by atoms with van der Waals surface area (Å²) < 4.78 is 5.62. The predicted molar refractivity (Wildman–Crippen MR) is 141 cm³/mol. The van der Waals surface area contributed by atoms with Crippen LogP contribution in [0.5, 0.6) is 5.75 Å². The van der Waals surface area contributed by atoms with Crippen LogP contribution in [0.15, 0.2) is 66.7 Å². The number of hydrogen-bond donors (Lipinski definition) is 1. The molecule has 0 spiro atoms. The fourth-order valence-electron chi connectivity index (χ4n) is 4.81. The highest BCUT2D eigenvalue weighted by Gasteiger charge is 2.39. The smallest absolute Gasteiger partial charge is 0.255 e. The molecule has 1 N–H and O–H groups in total. The number of nitriles is 2. The van der Waals surface area contributed by atoms with Crippen LogP contribution in [-0.2, 0) is 5.41 Å². The van der Waals surface area contributed by atoms with E-state index in [9.17, 15) is 10.1 Å². The van der Waals surface area contributed by atoms with Gasteiger partial charge < -0.3 is 15.0 Å². The highest BCUT2D eigenvalue weighted by Crippen LogP contribution is 2.41. The standard InChI is InChI=1S/C30H30N4O2/c1-21(2)34-15-13-30(20-32,14-16-34)27-18-26(11-12-28(27)36-3)33-29(35)24-9-7-23(8-10-24)25-6-4-5-22(17-25)19-31/h4-12,17-18,21H,13-16H2,1-3H3,(H,33,35). The summed E-state index contributed by atoms with van der Waals surface area (Å²) in [5, 5.41) is 22.3. The summed E-state index contributed by atoms with van der Waals surface area (Å²) >= 11 is 0. The van der Waals surface area contributed by atoms with Gasteiger partial charge in [0.25, 0.3) is 5.91 Å². The number of benzene rings is 3. The third kappa shape index (κ3) is 5.10. The van der Waals surface area contributed by atoms with Gasteiger partial charge >= 0.3 is 0 Å². The van der Waals surface area contributed by atoms with E-state index in [1.165, 1.54) is 0 Å². The van der Waals surface area contributed by atoms with E-state index in [0.29, 0.717) is 41.4 Å². The zero-order valence-electron chi connectivity index (χ0n) is 20.9. The first-order valence-corrected chi connectivity index (χ1v) is 12.1. The summed E-state index contributed by atoms with van der Waals surface area (Å²) in [6.45, 7) is 6.03. The van der Waals surface area contributed by atoms with Crippen molar-refractivity contribution in [1.29, 1.82) is 10.5 Å². The van der Waals surface area contributed by atoms with Gasteiger partial charge in [-0.25, -0.2) is 0 Å². The van der Waals surface area contributed by atoms with Crippen molar-refractivity contribution in [2.24, 2.45) is 0 Å². The molecule has 0 atom stereocenters. The van der Waals surface area contributed by atoms with Gasteiger partial charge in [0.2, 0.25) is 0 Å². The predicted octanol–water partition coefficient (Wildman–Crippen LogP) is 5.75. The van der Waals surface area contributed by atoms with E-state index in [-0.39, 0.29) is 5.91 Å². The Kier molecular flexibility index (Phi) is 7.38. The normalized spacial score (nSPS) is 15.1. The van der Waals surface area contributed by atoms with Gasteiger partial charge in [0.1, 0.15) is 5.75 Å². The highest BCUT2D eigenvalue weighted by molar-refractivity contribution is 6.04. The molecule has 1 fully saturated rings. The van der Waals surface area contributed by atoms with Crippen LogP contribution in [0.2, 0.25) is 0 Å². The molecule has 3 aromatic carbocycles. The molecular formula is C30H30N4O2. The number of carbonyl (C=O) groups is 1. The van der Waals surface area contributed by atoms with Gasteiger partial charge in [-0.1, -0.05) is 24.3 Å². The number of carbonyl (C=O) groups excluding carboxylic acids is 1.